The fraction of sp³-hybridized carbons (Fsp3) is 0.833. The number of nitrogens with two attached hydrogens (primary N) is 1. The van der Waals surface area contributed by atoms with Crippen LogP contribution in [-0.4, -0.2) is 35.0 Å². The molecule has 2 N–H and O–H groups in total. The molecule has 1 unspecified atom stereocenters. The first-order valence-corrected chi connectivity index (χ1v) is 4.41. The van der Waals surface area contributed by atoms with E-state index in [0.29, 0.717) is 5.37 Å². The van der Waals surface area contributed by atoms with Crippen LogP contribution in [0.3, 0.4) is 0 Å². The molecule has 1 atom stereocenters. The van der Waals surface area contributed by atoms with Crippen LogP contribution in [-0.2, 0) is 4.79 Å². The second-order valence-electron chi connectivity index (χ2n) is 2.26. The maximum atomic E-state index is 11.0. The van der Waals surface area contributed by atoms with E-state index in [1.165, 1.54) is 0 Å². The number of thioether (sulfide) groups is 1. The first-order valence-electron chi connectivity index (χ1n) is 3.37. The van der Waals surface area contributed by atoms with Gasteiger partial charge >= 0.3 is 0 Å². The van der Waals surface area contributed by atoms with Gasteiger partial charge in [-0.3, -0.25) is 4.79 Å². The summed E-state index contributed by atoms with van der Waals surface area (Å²) in [4.78, 5) is 12.8. The summed E-state index contributed by atoms with van der Waals surface area (Å²) >= 11 is 1.80. The molecule has 1 rings (SSSR count). The number of hydrogen-bond acceptors (Lipinski definition) is 3. The van der Waals surface area contributed by atoms with Gasteiger partial charge in [0.05, 0.1) is 11.9 Å². The fourth-order valence-electron chi connectivity index (χ4n) is 1.04. The number of carbonyl (C=O) groups excluding carboxylic acids is 1. The number of amides is 1. The van der Waals surface area contributed by atoms with Gasteiger partial charge in [-0.2, -0.15) is 0 Å². The monoisotopic (exact) mass is 160 g/mol. The molecule has 0 saturated carbocycles. The molecule has 1 amide bonds. The van der Waals surface area contributed by atoms with E-state index in [1.807, 2.05) is 11.8 Å². The second-order valence-corrected chi connectivity index (χ2v) is 3.69. The SMILES string of the molecule is CC1SCCN1C(=O)CN. The van der Waals surface area contributed by atoms with Gasteiger partial charge in [0, 0.05) is 12.3 Å². The van der Waals surface area contributed by atoms with E-state index in [4.69, 9.17) is 5.73 Å². The van der Waals surface area contributed by atoms with Gasteiger partial charge in [-0.1, -0.05) is 0 Å². The summed E-state index contributed by atoms with van der Waals surface area (Å²) in [5.74, 6) is 1.12. The van der Waals surface area contributed by atoms with E-state index in [-0.39, 0.29) is 12.5 Å². The maximum Gasteiger partial charge on any atom is 0.237 e. The minimum absolute atomic E-state index is 0.0671. The van der Waals surface area contributed by atoms with Gasteiger partial charge in [-0.05, 0) is 6.92 Å². The van der Waals surface area contributed by atoms with Crippen molar-refractivity contribution >= 4 is 17.7 Å². The molecule has 1 aliphatic rings. The largest absolute Gasteiger partial charge is 0.329 e. The summed E-state index contributed by atoms with van der Waals surface area (Å²) in [6.07, 6.45) is 0. The second kappa shape index (κ2) is 3.25. The van der Waals surface area contributed by atoms with Crippen LogP contribution < -0.4 is 5.73 Å². The lowest BCUT2D eigenvalue weighted by Crippen LogP contribution is -2.37. The van der Waals surface area contributed by atoms with Gasteiger partial charge in [0.2, 0.25) is 5.91 Å². The van der Waals surface area contributed by atoms with Crippen molar-refractivity contribution in [3.63, 3.8) is 0 Å². The van der Waals surface area contributed by atoms with Crippen LogP contribution in [0.5, 0.6) is 0 Å². The van der Waals surface area contributed by atoms with Gasteiger partial charge in [0.1, 0.15) is 0 Å². The zero-order chi connectivity index (χ0) is 7.56. The zero-order valence-corrected chi connectivity index (χ0v) is 6.86. The predicted molar refractivity (Wildman–Crippen MR) is 42.7 cm³/mol. The Morgan fingerprint density at radius 3 is 3.00 bits per heavy atom. The molecule has 3 nitrogen and oxygen atoms in total. The number of rotatable bonds is 1. The van der Waals surface area contributed by atoms with E-state index in [2.05, 4.69) is 0 Å². The highest BCUT2D eigenvalue weighted by atomic mass is 32.2. The van der Waals surface area contributed by atoms with Crippen LogP contribution in [0, 0.1) is 0 Å². The third-order valence-electron chi connectivity index (χ3n) is 1.63. The third kappa shape index (κ3) is 1.44. The standard InChI is InChI=1S/C6H12N2OS/c1-5-8(2-3-10-5)6(9)4-7/h5H,2-4,7H2,1H3. The van der Waals surface area contributed by atoms with Crippen molar-refractivity contribution in [2.45, 2.75) is 12.3 Å². The number of hydrogen-bond donors (Lipinski definition) is 1. The minimum atomic E-state index is 0.0671. The molecule has 1 fully saturated rings. The summed E-state index contributed by atoms with van der Waals surface area (Å²) in [7, 11) is 0. The molecule has 0 spiro atoms. The molecule has 0 aromatic heterocycles. The molecular weight excluding hydrogens is 148 g/mol. The molecule has 0 aromatic rings. The number of carbonyl (C=O) groups is 1. The summed E-state index contributed by atoms with van der Waals surface area (Å²) in [6.45, 7) is 3.04. The predicted octanol–water partition coefficient (Wildman–Crippen LogP) is -0.134. The first-order chi connectivity index (χ1) is 4.75. The third-order valence-corrected chi connectivity index (χ3v) is 2.78. The molecule has 0 bridgehead atoms. The molecule has 1 heterocycles. The summed E-state index contributed by atoms with van der Waals surface area (Å²) < 4.78 is 0. The highest BCUT2D eigenvalue weighted by Gasteiger charge is 2.23. The molecule has 4 heteroatoms. The molecule has 1 aliphatic heterocycles. The quantitative estimate of drug-likeness (QED) is 0.581. The molecule has 0 radical (unpaired) electrons. The Kier molecular flexibility index (Phi) is 2.56. The lowest BCUT2D eigenvalue weighted by Gasteiger charge is -2.18. The average molecular weight is 160 g/mol. The molecular formula is C6H12N2OS. The molecule has 10 heavy (non-hydrogen) atoms. The van der Waals surface area contributed by atoms with Gasteiger partial charge < -0.3 is 10.6 Å². The minimum Gasteiger partial charge on any atom is -0.329 e. The van der Waals surface area contributed by atoms with Crippen molar-refractivity contribution in [3.05, 3.63) is 0 Å². The van der Waals surface area contributed by atoms with Crippen LogP contribution in [0.25, 0.3) is 0 Å². The number of nitrogens with zero attached hydrogens (tertiary/aromatic N) is 1. The van der Waals surface area contributed by atoms with Crippen molar-refractivity contribution < 1.29 is 4.79 Å². The molecule has 0 aromatic carbocycles. The zero-order valence-electron chi connectivity index (χ0n) is 6.04. The van der Waals surface area contributed by atoms with Crippen molar-refractivity contribution in [1.82, 2.24) is 4.90 Å². The smallest absolute Gasteiger partial charge is 0.237 e. The Hall–Kier alpha value is -0.220. The highest BCUT2D eigenvalue weighted by molar-refractivity contribution is 8.00. The van der Waals surface area contributed by atoms with Crippen molar-refractivity contribution in [2.24, 2.45) is 5.73 Å². The van der Waals surface area contributed by atoms with Crippen molar-refractivity contribution in [1.29, 1.82) is 0 Å². The topological polar surface area (TPSA) is 46.3 Å². The van der Waals surface area contributed by atoms with Crippen LogP contribution in [0.2, 0.25) is 0 Å². The lowest BCUT2D eigenvalue weighted by atomic mass is 10.4. The van der Waals surface area contributed by atoms with Gasteiger partial charge in [-0.15, -0.1) is 11.8 Å². The van der Waals surface area contributed by atoms with E-state index in [0.717, 1.165) is 12.3 Å². The Bertz CT molecular complexity index is 140. The van der Waals surface area contributed by atoms with E-state index in [1.54, 1.807) is 11.8 Å². The Balaban J connectivity index is 2.46. The molecule has 0 aliphatic carbocycles. The molecule has 58 valence electrons. The summed E-state index contributed by atoms with van der Waals surface area (Å²) in [5, 5.41) is 0.330. The fourth-order valence-corrected chi connectivity index (χ4v) is 2.08. The first kappa shape index (κ1) is 7.88. The van der Waals surface area contributed by atoms with Crippen LogP contribution in [0.15, 0.2) is 0 Å². The van der Waals surface area contributed by atoms with Crippen molar-refractivity contribution in [3.8, 4) is 0 Å². The lowest BCUT2D eigenvalue weighted by molar-refractivity contribution is -0.129. The Morgan fingerprint density at radius 2 is 2.60 bits per heavy atom. The average Bonchev–Trinajstić information content (AvgIpc) is 2.34. The van der Waals surface area contributed by atoms with Gasteiger partial charge in [0.25, 0.3) is 0 Å². The van der Waals surface area contributed by atoms with E-state index in [9.17, 15) is 4.79 Å². The highest BCUT2D eigenvalue weighted by Crippen LogP contribution is 2.22. The summed E-state index contributed by atoms with van der Waals surface area (Å²) in [6, 6.07) is 0. The molecule has 1 saturated heterocycles. The van der Waals surface area contributed by atoms with Gasteiger partial charge in [-0.25, -0.2) is 0 Å². The van der Waals surface area contributed by atoms with Crippen LogP contribution >= 0.6 is 11.8 Å². The normalized spacial score (nSPS) is 25.4. The maximum absolute atomic E-state index is 11.0. The van der Waals surface area contributed by atoms with Crippen LogP contribution in [0.1, 0.15) is 6.92 Å². The van der Waals surface area contributed by atoms with E-state index >= 15 is 0 Å². The Morgan fingerprint density at radius 1 is 1.90 bits per heavy atom. The Labute approximate surface area is 64.9 Å². The van der Waals surface area contributed by atoms with Gasteiger partial charge in [0.15, 0.2) is 0 Å². The van der Waals surface area contributed by atoms with Crippen molar-refractivity contribution in [2.75, 3.05) is 18.8 Å². The van der Waals surface area contributed by atoms with Crippen LogP contribution in [0.4, 0.5) is 0 Å². The van der Waals surface area contributed by atoms with E-state index < -0.39 is 0 Å². The summed E-state index contributed by atoms with van der Waals surface area (Å²) in [5.41, 5.74) is 5.21.